The molecule has 3 N–H and O–H groups in total. The van der Waals surface area contributed by atoms with E-state index in [-0.39, 0.29) is 17.9 Å². The number of carbonyl (C=O) groups is 1. The molecule has 0 aromatic carbocycles. The fraction of sp³-hybridized carbons (Fsp3) is 0.615. The third-order valence-electron chi connectivity index (χ3n) is 6.74. The van der Waals surface area contributed by atoms with Crippen LogP contribution in [0.2, 0.25) is 0 Å². The van der Waals surface area contributed by atoms with Crippen molar-refractivity contribution in [3.05, 3.63) is 48.2 Å². The number of amides is 1. The van der Waals surface area contributed by atoms with Crippen LogP contribution in [0.25, 0.3) is 0 Å². The molecular formula is C26H38N2O3. The number of allylic oxidation sites excluding steroid dienone is 2. The van der Waals surface area contributed by atoms with Crippen LogP contribution >= 0.6 is 0 Å². The smallest absolute Gasteiger partial charge is 0.225 e. The van der Waals surface area contributed by atoms with E-state index in [0.717, 1.165) is 57.8 Å². The van der Waals surface area contributed by atoms with Gasteiger partial charge in [-0.3, -0.25) is 4.79 Å². The third kappa shape index (κ3) is 7.29. The molecular weight excluding hydrogens is 388 g/mol. The molecule has 0 unspecified atom stereocenters. The molecule has 1 heterocycles. The van der Waals surface area contributed by atoms with Gasteiger partial charge in [-0.2, -0.15) is 0 Å². The predicted octanol–water partition coefficient (Wildman–Crippen LogP) is 5.02. The number of nitrogens with zero attached hydrogens (tertiary/aromatic N) is 1. The number of carbonyl (C=O) groups excluding carboxylic acids is 1. The van der Waals surface area contributed by atoms with Crippen LogP contribution in [0.5, 0.6) is 0 Å². The summed E-state index contributed by atoms with van der Waals surface area (Å²) in [6.45, 7) is 2.17. The molecule has 0 aliphatic heterocycles. The van der Waals surface area contributed by atoms with Crippen molar-refractivity contribution in [2.24, 2.45) is 17.8 Å². The number of fused-ring (bicyclic) bond motifs is 1. The van der Waals surface area contributed by atoms with Crippen LogP contribution in [0.15, 0.2) is 48.2 Å². The average Bonchev–Trinajstić information content (AvgIpc) is 3.27. The number of aliphatic hydroxyl groups excluding tert-OH is 2. The lowest BCUT2D eigenvalue weighted by Crippen LogP contribution is -2.17. The molecule has 1 aromatic heterocycles. The first kappa shape index (κ1) is 23.7. The fourth-order valence-corrected chi connectivity index (χ4v) is 5.11. The van der Waals surface area contributed by atoms with E-state index in [0.29, 0.717) is 24.1 Å². The van der Waals surface area contributed by atoms with Crippen molar-refractivity contribution in [3.63, 3.8) is 0 Å². The molecule has 2 saturated carbocycles. The Balaban J connectivity index is 1.41. The van der Waals surface area contributed by atoms with Crippen LogP contribution in [-0.2, 0) is 4.79 Å². The first-order valence-electron chi connectivity index (χ1n) is 12.0. The molecule has 2 fully saturated rings. The molecule has 3 rings (SSSR count). The number of pyridine rings is 1. The number of hydrogen-bond acceptors (Lipinski definition) is 4. The highest BCUT2D eigenvalue weighted by atomic mass is 16.3. The molecule has 5 atom stereocenters. The predicted molar refractivity (Wildman–Crippen MR) is 124 cm³/mol. The van der Waals surface area contributed by atoms with E-state index in [1.54, 1.807) is 12.3 Å². The summed E-state index contributed by atoms with van der Waals surface area (Å²) in [6, 6.07) is 5.48. The lowest BCUT2D eigenvalue weighted by atomic mass is 9.90. The number of rotatable bonds is 11. The van der Waals surface area contributed by atoms with Crippen LogP contribution in [0.3, 0.4) is 0 Å². The van der Waals surface area contributed by atoms with Crippen molar-refractivity contribution >= 4 is 11.7 Å². The van der Waals surface area contributed by atoms with Crippen molar-refractivity contribution in [2.45, 2.75) is 83.3 Å². The van der Waals surface area contributed by atoms with E-state index in [4.69, 9.17) is 0 Å². The lowest BCUT2D eigenvalue weighted by Gasteiger charge is -2.17. The maximum Gasteiger partial charge on any atom is 0.225 e. The quantitative estimate of drug-likeness (QED) is 0.343. The van der Waals surface area contributed by atoms with Crippen LogP contribution in [0.1, 0.15) is 71.1 Å². The monoisotopic (exact) mass is 426 g/mol. The summed E-state index contributed by atoms with van der Waals surface area (Å²) in [5.41, 5.74) is 1.47. The highest BCUT2D eigenvalue weighted by Gasteiger charge is 2.44. The molecule has 1 aromatic rings. The van der Waals surface area contributed by atoms with Crippen molar-refractivity contribution in [2.75, 3.05) is 5.32 Å². The Labute approximate surface area is 186 Å². The van der Waals surface area contributed by atoms with Crippen molar-refractivity contribution in [1.29, 1.82) is 0 Å². The number of aliphatic hydroxyl groups is 2. The SMILES string of the molecule is CCCCC[C@H](O)/C=C/[C@@H]1[C@H]2C/C(=C/CCCC(=O)Nc3ccccn3)C[C@H]2C[C@H]1O. The molecule has 170 valence electrons. The molecule has 0 radical (unpaired) electrons. The number of aromatic nitrogens is 1. The highest BCUT2D eigenvalue weighted by molar-refractivity contribution is 5.89. The van der Waals surface area contributed by atoms with Gasteiger partial charge in [-0.25, -0.2) is 4.98 Å². The number of nitrogens with one attached hydrogen (secondary N) is 1. The van der Waals surface area contributed by atoms with E-state index in [1.807, 2.05) is 18.2 Å². The largest absolute Gasteiger partial charge is 0.392 e. The Kier molecular flexibility index (Phi) is 9.29. The van der Waals surface area contributed by atoms with E-state index >= 15 is 0 Å². The molecule has 5 nitrogen and oxygen atoms in total. The summed E-state index contributed by atoms with van der Waals surface area (Å²) in [5, 5.41) is 23.5. The zero-order valence-electron chi connectivity index (χ0n) is 18.7. The maximum atomic E-state index is 12.0. The van der Waals surface area contributed by atoms with Crippen LogP contribution in [0.4, 0.5) is 5.82 Å². The molecule has 5 heteroatoms. The fourth-order valence-electron chi connectivity index (χ4n) is 5.11. The van der Waals surface area contributed by atoms with Gasteiger partial charge in [0.1, 0.15) is 5.82 Å². The van der Waals surface area contributed by atoms with E-state index in [1.165, 1.54) is 5.57 Å². The molecule has 0 bridgehead atoms. The van der Waals surface area contributed by atoms with Gasteiger partial charge in [-0.05, 0) is 62.5 Å². The van der Waals surface area contributed by atoms with Crippen LogP contribution < -0.4 is 5.32 Å². The average molecular weight is 427 g/mol. The third-order valence-corrected chi connectivity index (χ3v) is 6.74. The molecule has 0 saturated heterocycles. The minimum atomic E-state index is -0.397. The van der Waals surface area contributed by atoms with Crippen LogP contribution in [-0.4, -0.2) is 33.3 Å². The second kappa shape index (κ2) is 12.2. The number of unbranched alkanes of at least 4 members (excludes halogenated alkanes) is 3. The van der Waals surface area contributed by atoms with Gasteiger partial charge < -0.3 is 15.5 Å². The Hall–Kier alpha value is -1.98. The Morgan fingerprint density at radius 2 is 2.16 bits per heavy atom. The zero-order valence-corrected chi connectivity index (χ0v) is 18.7. The summed E-state index contributed by atoms with van der Waals surface area (Å²) in [7, 11) is 0. The van der Waals surface area contributed by atoms with Gasteiger partial charge in [0.15, 0.2) is 0 Å². The van der Waals surface area contributed by atoms with Crippen LogP contribution in [0, 0.1) is 17.8 Å². The van der Waals surface area contributed by atoms with Gasteiger partial charge in [0.2, 0.25) is 5.91 Å². The molecule has 2 aliphatic carbocycles. The van der Waals surface area contributed by atoms with Gasteiger partial charge in [0.25, 0.3) is 0 Å². The van der Waals surface area contributed by atoms with Crippen molar-refractivity contribution in [1.82, 2.24) is 4.98 Å². The number of anilines is 1. The number of hydrogen-bond donors (Lipinski definition) is 3. The minimum Gasteiger partial charge on any atom is -0.392 e. The first-order chi connectivity index (χ1) is 15.1. The summed E-state index contributed by atoms with van der Waals surface area (Å²) in [5.74, 6) is 1.78. The van der Waals surface area contributed by atoms with Gasteiger partial charge in [0, 0.05) is 18.5 Å². The topological polar surface area (TPSA) is 82.5 Å². The van der Waals surface area contributed by atoms with Gasteiger partial charge in [0.05, 0.1) is 12.2 Å². The normalized spacial score (nSPS) is 27.6. The zero-order chi connectivity index (χ0) is 22.1. The lowest BCUT2D eigenvalue weighted by molar-refractivity contribution is -0.116. The van der Waals surface area contributed by atoms with Crippen molar-refractivity contribution < 1.29 is 15.0 Å². The molecule has 2 aliphatic rings. The Morgan fingerprint density at radius 1 is 1.29 bits per heavy atom. The summed E-state index contributed by atoms with van der Waals surface area (Å²) in [6.07, 6.45) is 16.6. The molecule has 1 amide bonds. The van der Waals surface area contributed by atoms with E-state index in [2.05, 4.69) is 29.4 Å². The van der Waals surface area contributed by atoms with Gasteiger partial charge in [-0.15, -0.1) is 0 Å². The first-order valence-corrected chi connectivity index (χ1v) is 12.0. The van der Waals surface area contributed by atoms with E-state index in [9.17, 15) is 15.0 Å². The minimum absolute atomic E-state index is 0.00575. The van der Waals surface area contributed by atoms with Gasteiger partial charge >= 0.3 is 0 Å². The van der Waals surface area contributed by atoms with Crippen molar-refractivity contribution in [3.8, 4) is 0 Å². The maximum absolute atomic E-state index is 12.0. The Bertz CT molecular complexity index is 746. The molecule has 0 spiro atoms. The summed E-state index contributed by atoms with van der Waals surface area (Å²) < 4.78 is 0. The highest BCUT2D eigenvalue weighted by Crippen LogP contribution is 2.50. The van der Waals surface area contributed by atoms with E-state index < -0.39 is 6.10 Å². The van der Waals surface area contributed by atoms with Gasteiger partial charge in [-0.1, -0.05) is 56.1 Å². The second-order valence-corrected chi connectivity index (χ2v) is 9.18. The Morgan fingerprint density at radius 3 is 2.94 bits per heavy atom. The standard InChI is InChI=1S/C26H38N2O3/c1-2-3-4-10-21(29)13-14-22-23-17-19(16-20(23)18-24(22)30)9-5-6-12-26(31)28-25-11-7-8-15-27-25/h7-9,11,13-15,20-24,29-30H,2-6,10,12,16-18H2,1H3,(H,27,28,31)/b14-13+,19-9+/t20-,21-,22+,23-,24+/m0/s1. The second-order valence-electron chi connectivity index (χ2n) is 9.18. The summed E-state index contributed by atoms with van der Waals surface area (Å²) in [4.78, 5) is 16.1. The summed E-state index contributed by atoms with van der Waals surface area (Å²) >= 11 is 0. The molecule has 31 heavy (non-hydrogen) atoms.